The fourth-order valence-corrected chi connectivity index (χ4v) is 26.2. The van der Waals surface area contributed by atoms with Crippen molar-refractivity contribution in [2.24, 2.45) is 0 Å². The number of halogens is 4. The van der Waals surface area contributed by atoms with E-state index in [0.29, 0.717) is 9.75 Å². The number of Topliss-reactive ketones (excluding diaryl/α,β-unsaturated/α-hetero) is 2. The van der Waals surface area contributed by atoms with Gasteiger partial charge in [-0.25, -0.2) is 37.8 Å². The van der Waals surface area contributed by atoms with Crippen molar-refractivity contribution >= 4 is 131 Å². The summed E-state index contributed by atoms with van der Waals surface area (Å²) in [6.07, 6.45) is 25.3. The lowest BCUT2D eigenvalue weighted by atomic mass is 9.67. The minimum atomic E-state index is -1.20. The molecule has 0 bridgehead atoms. The first-order valence-corrected chi connectivity index (χ1v) is 43.3. The van der Waals surface area contributed by atoms with Gasteiger partial charge in [0.2, 0.25) is 0 Å². The van der Waals surface area contributed by atoms with E-state index < -0.39 is 45.7 Å². The molecule has 0 unspecified atom stereocenters. The number of nitrogens with zero attached hydrogens (tertiary/aromatic N) is 4. The topological polar surface area (TPSA) is 90.4 Å². The molecule has 4 aliphatic rings. The lowest BCUT2D eigenvalue weighted by Gasteiger charge is -2.34. The smallest absolute Gasteiger partial charge is 0.270 e. The second-order valence-corrected chi connectivity index (χ2v) is 35.7. The molecule has 0 amide bonds. The second kappa shape index (κ2) is 30.9. The maximum atomic E-state index is 15.2. The maximum absolute atomic E-state index is 15.2. The number of thiophene rings is 6. The highest BCUT2D eigenvalue weighted by Crippen LogP contribution is 2.72. The molecule has 0 N–H and O–H groups in total. The summed E-state index contributed by atoms with van der Waals surface area (Å²) in [5.74, 6) is -5.94. The van der Waals surface area contributed by atoms with E-state index in [4.69, 9.17) is 13.1 Å². The summed E-state index contributed by atoms with van der Waals surface area (Å²) in [6.45, 7) is 25.1. The van der Waals surface area contributed by atoms with Crippen LogP contribution in [0.5, 0.6) is 0 Å². The van der Waals surface area contributed by atoms with Gasteiger partial charge in [-0.2, -0.15) is 0 Å². The Balaban J connectivity index is 0.970. The van der Waals surface area contributed by atoms with Crippen molar-refractivity contribution < 1.29 is 27.2 Å². The number of rotatable bonds is 26. The van der Waals surface area contributed by atoms with Crippen LogP contribution >= 0.6 is 68.0 Å². The fraction of sp³-hybridized carbons (Fsp3) is 0.277. The number of hydrogen-bond donors (Lipinski definition) is 0. The van der Waals surface area contributed by atoms with E-state index in [0.717, 1.165) is 189 Å². The zero-order valence-electron chi connectivity index (χ0n) is 61.6. The molecule has 0 aliphatic heterocycles. The van der Waals surface area contributed by atoms with Crippen molar-refractivity contribution in [3.05, 3.63) is 301 Å². The Morgan fingerprint density at radius 1 is 0.382 bits per heavy atom. The van der Waals surface area contributed by atoms with Crippen LogP contribution in [0.15, 0.2) is 156 Å². The third-order valence-electron chi connectivity index (χ3n) is 22.7. The molecule has 12 aromatic rings. The molecular formula is C94H76F4N4O2S6. The number of fused-ring (bicyclic) bond motifs is 15. The summed E-state index contributed by atoms with van der Waals surface area (Å²) in [5.41, 5.74) is 11.4. The Labute approximate surface area is 663 Å². The quantitative estimate of drug-likeness (QED) is 0.0178. The Hall–Kier alpha value is -9.72. The first kappa shape index (κ1) is 74.4. The lowest BCUT2D eigenvalue weighted by Crippen LogP contribution is -2.29. The van der Waals surface area contributed by atoms with Gasteiger partial charge in [0.25, 0.3) is 11.4 Å². The number of carbonyl (C=O) groups excluding carboxylic acids is 2. The van der Waals surface area contributed by atoms with Gasteiger partial charge in [-0.3, -0.25) is 9.59 Å². The van der Waals surface area contributed by atoms with Gasteiger partial charge in [0, 0.05) is 74.8 Å². The molecule has 0 saturated heterocycles. The summed E-state index contributed by atoms with van der Waals surface area (Å²) in [7, 11) is 0. The van der Waals surface area contributed by atoms with Crippen molar-refractivity contribution in [3.63, 3.8) is 0 Å². The number of ketones is 2. The Bertz CT molecular complexity index is 5540. The normalized spacial score (nSPS) is 15.9. The van der Waals surface area contributed by atoms with Crippen molar-refractivity contribution in [3.8, 4) is 31.6 Å². The van der Waals surface area contributed by atoms with Crippen molar-refractivity contribution in [1.29, 1.82) is 10.5 Å². The SMILES string of the molecule is [C-]#[N+]/C(C#N)=C1\C(=C\c2cc3sc4c(c3s2)C(c2ccc(CCCCCC)cc2)(c2ccc(CCCCCC)cc2)c2c-4sc3c4c(sc23)-c2sc3cc(/C=C5\C(=O)c6cc(F)c(F)cc6\C5=C(\C#N)[N+]#[C-])sc3c2C4(c2ccc(CCCCCC)cc2)c2ccc(CCCCCC)cc2)C(=O)c2cc(F)c(F)cc21. The highest BCUT2D eigenvalue weighted by molar-refractivity contribution is 7.37. The molecule has 6 nitrogen and oxygen atoms in total. The molecule has 4 aliphatic carbocycles. The summed E-state index contributed by atoms with van der Waals surface area (Å²) >= 11 is 10.2. The van der Waals surface area contributed by atoms with Gasteiger partial charge in [-0.15, -0.1) is 68.0 Å². The molecule has 0 saturated carbocycles. The number of unbranched alkanes of at least 4 members (excludes halogenated alkanes) is 12. The van der Waals surface area contributed by atoms with E-state index in [1.165, 1.54) is 78.2 Å². The number of nitriles is 2. The third-order valence-corrected chi connectivity index (χ3v) is 30.3. The van der Waals surface area contributed by atoms with Crippen LogP contribution in [0.3, 0.4) is 0 Å². The second-order valence-electron chi connectivity index (χ2n) is 29.4. The Morgan fingerprint density at radius 3 is 0.945 bits per heavy atom. The zero-order valence-corrected chi connectivity index (χ0v) is 66.5. The number of carbonyl (C=O) groups is 2. The molecule has 6 aromatic heterocycles. The van der Waals surface area contributed by atoms with E-state index >= 15 is 17.6 Å². The molecule has 16 heteroatoms. The predicted molar refractivity (Wildman–Crippen MR) is 448 cm³/mol. The standard InChI is InChI=1S/C94H76F4N4O2S6/c1-7-11-15-19-23-53-27-35-57(36-28-53)93(58-37-29-54(30-38-58)24-20-16-12-8-2)79-85-75(45-61(105-85)43-67-77(73(51-99)101-5)63-47-69(95)71(97)49-65(63)83(67)103)107-87(79)89-81(93)91-92(109-89)82-90(110-91)88-80(86-76(108-88)46-62(106-86)44-68-78(74(52-100)102-6)64-48-70(96)72(98)50-66(64)84(68)104)94(82,59-39-31-55(32-40-59)25-21-17-13-9-3)60-41-33-56(34-42-60)26-22-18-14-10-4/h27-50H,7-26H2,1-4H3/b67-43-,68-44-,77-73-,78-74+. The summed E-state index contributed by atoms with van der Waals surface area (Å²) in [4.78, 5) is 42.2. The number of benzene rings is 6. The fourth-order valence-electron chi connectivity index (χ4n) is 17.4. The monoisotopic (exact) mass is 1560 g/mol. The largest absolute Gasteiger partial charge is 0.289 e. The summed E-state index contributed by atoms with van der Waals surface area (Å²) in [6, 6.07) is 49.1. The van der Waals surface area contributed by atoms with Crippen LogP contribution in [0.2, 0.25) is 0 Å². The highest BCUT2D eigenvalue weighted by atomic mass is 32.1. The maximum Gasteiger partial charge on any atom is 0.270 e. The van der Waals surface area contributed by atoms with Gasteiger partial charge in [-0.05, 0) is 156 Å². The first-order valence-electron chi connectivity index (χ1n) is 38.4. The predicted octanol–water partition coefficient (Wildman–Crippen LogP) is 28.2. The minimum Gasteiger partial charge on any atom is -0.289 e. The number of hydrogen-bond acceptors (Lipinski definition) is 10. The Morgan fingerprint density at radius 2 is 0.664 bits per heavy atom. The van der Waals surface area contributed by atoms with Crippen molar-refractivity contribution in [1.82, 2.24) is 0 Å². The molecule has 6 aromatic carbocycles. The van der Waals surface area contributed by atoms with Crippen LogP contribution in [0.25, 0.3) is 80.7 Å². The molecule has 0 atom stereocenters. The Kier molecular flexibility index (Phi) is 20.9. The molecule has 0 spiro atoms. The van der Waals surface area contributed by atoms with Crippen LogP contribution in [0.1, 0.15) is 239 Å². The highest BCUT2D eigenvalue weighted by Gasteiger charge is 2.57. The average Bonchev–Trinajstić information content (AvgIpc) is 1.48. The van der Waals surface area contributed by atoms with Crippen molar-refractivity contribution in [2.75, 3.05) is 0 Å². The lowest BCUT2D eigenvalue weighted by molar-refractivity contribution is 0.103. The van der Waals surface area contributed by atoms with E-state index in [1.807, 2.05) is 34.8 Å². The molecule has 6 heterocycles. The molecule has 16 rings (SSSR count). The van der Waals surface area contributed by atoms with Gasteiger partial charge >= 0.3 is 0 Å². The number of aryl methyl sites for hydroxylation is 4. The molecule has 0 fully saturated rings. The first-order chi connectivity index (χ1) is 53.7. The molecule has 110 heavy (non-hydrogen) atoms. The van der Waals surface area contributed by atoms with Crippen LogP contribution in [-0.4, -0.2) is 11.6 Å². The number of allylic oxidation sites excluding steroid dienone is 6. The van der Waals surface area contributed by atoms with Gasteiger partial charge in [0.1, 0.15) is 0 Å². The summed E-state index contributed by atoms with van der Waals surface area (Å²) in [5, 5.41) is 20.8. The zero-order chi connectivity index (χ0) is 76.3. The molecular weight excluding hydrogens is 1490 g/mol. The molecule has 548 valence electrons. The van der Waals surface area contributed by atoms with Crippen LogP contribution in [0.4, 0.5) is 17.6 Å². The van der Waals surface area contributed by atoms with E-state index in [1.54, 1.807) is 57.5 Å². The molecule has 0 radical (unpaired) electrons. The van der Waals surface area contributed by atoms with E-state index in [2.05, 4.69) is 147 Å². The minimum absolute atomic E-state index is 0.0132. The van der Waals surface area contributed by atoms with Crippen LogP contribution in [-0.2, 0) is 36.5 Å². The van der Waals surface area contributed by atoms with Crippen LogP contribution < -0.4 is 0 Å². The van der Waals surface area contributed by atoms with Crippen molar-refractivity contribution in [2.45, 2.75) is 167 Å². The van der Waals surface area contributed by atoms with E-state index in [9.17, 15) is 20.1 Å². The summed E-state index contributed by atoms with van der Waals surface area (Å²) < 4.78 is 66.9. The van der Waals surface area contributed by atoms with Gasteiger partial charge < -0.3 is 0 Å². The van der Waals surface area contributed by atoms with Gasteiger partial charge in [-0.1, -0.05) is 202 Å². The van der Waals surface area contributed by atoms with Gasteiger partial charge in [0.15, 0.2) is 34.8 Å². The third kappa shape index (κ3) is 12.4. The van der Waals surface area contributed by atoms with E-state index in [-0.39, 0.29) is 55.9 Å². The van der Waals surface area contributed by atoms with Gasteiger partial charge in [0.05, 0.1) is 74.4 Å². The van der Waals surface area contributed by atoms with Crippen LogP contribution in [0, 0.1) is 59.1 Å². The average molecular weight is 1560 g/mol.